The molecule has 3 rings (SSSR count). The van der Waals surface area contributed by atoms with Gasteiger partial charge in [0, 0.05) is 11.9 Å². The Bertz CT molecular complexity index is 889. The van der Waals surface area contributed by atoms with Crippen molar-refractivity contribution in [2.45, 2.75) is 0 Å². The molecule has 2 aromatic rings. The fraction of sp³-hybridized carbons (Fsp3) is 0.0526. The van der Waals surface area contributed by atoms with Gasteiger partial charge in [0.05, 0.1) is 5.56 Å². The van der Waals surface area contributed by atoms with Gasteiger partial charge < -0.3 is 25.2 Å². The number of hydrogen-bond acceptors (Lipinski definition) is 4. The molecule has 2 amide bonds. The van der Waals surface area contributed by atoms with Crippen LogP contribution in [-0.2, 0) is 0 Å². The highest BCUT2D eigenvalue weighted by Crippen LogP contribution is 2.32. The molecule has 2 aromatic carbocycles. The van der Waals surface area contributed by atoms with Gasteiger partial charge in [0.2, 0.25) is 6.79 Å². The Morgan fingerprint density at radius 2 is 1.88 bits per heavy atom. The van der Waals surface area contributed by atoms with Crippen LogP contribution >= 0.6 is 0 Å². The first-order chi connectivity index (χ1) is 12.6. The number of rotatable bonds is 5. The number of allylic oxidation sites excluding steroid dienone is 2. The summed E-state index contributed by atoms with van der Waals surface area (Å²) >= 11 is 0. The van der Waals surface area contributed by atoms with E-state index in [-0.39, 0.29) is 12.4 Å². The molecule has 7 nitrogen and oxygen atoms in total. The number of ether oxygens (including phenoxy) is 2. The summed E-state index contributed by atoms with van der Waals surface area (Å²) in [5.41, 5.74) is 1.44. The topological polar surface area (TPSA) is 96.9 Å². The lowest BCUT2D eigenvalue weighted by atomic mass is 10.2. The third-order valence-corrected chi connectivity index (χ3v) is 3.47. The van der Waals surface area contributed by atoms with Crippen molar-refractivity contribution in [2.24, 2.45) is 0 Å². The van der Waals surface area contributed by atoms with Gasteiger partial charge in [-0.3, -0.25) is 0 Å². The predicted octanol–water partition coefficient (Wildman–Crippen LogP) is 3.46. The first-order valence-electron chi connectivity index (χ1n) is 7.75. The minimum atomic E-state index is -1.05. The van der Waals surface area contributed by atoms with Gasteiger partial charge in [0.1, 0.15) is 0 Å². The SMILES string of the molecule is O=C(N/C=C/C=C/c1ccc2c(c1)OCO2)Nc1cccc(C(=O)O)c1. The monoisotopic (exact) mass is 352 g/mol. The Morgan fingerprint density at radius 1 is 1.04 bits per heavy atom. The van der Waals surface area contributed by atoms with Crippen molar-refractivity contribution in [1.82, 2.24) is 5.32 Å². The molecule has 0 fully saturated rings. The average Bonchev–Trinajstić information content (AvgIpc) is 3.09. The maximum atomic E-state index is 11.8. The quantitative estimate of drug-likeness (QED) is 0.716. The Morgan fingerprint density at radius 3 is 2.73 bits per heavy atom. The number of fused-ring (bicyclic) bond motifs is 1. The van der Waals surface area contributed by atoms with Gasteiger partial charge in [-0.1, -0.05) is 24.3 Å². The first kappa shape index (κ1) is 17.1. The van der Waals surface area contributed by atoms with Crippen molar-refractivity contribution in [3.05, 3.63) is 71.9 Å². The lowest BCUT2D eigenvalue weighted by Gasteiger charge is -2.05. The van der Waals surface area contributed by atoms with Crippen LogP contribution in [0.3, 0.4) is 0 Å². The second-order valence-electron chi connectivity index (χ2n) is 5.32. The number of benzene rings is 2. The van der Waals surface area contributed by atoms with Crippen molar-refractivity contribution in [2.75, 3.05) is 12.1 Å². The minimum Gasteiger partial charge on any atom is -0.478 e. The lowest BCUT2D eigenvalue weighted by molar-refractivity contribution is 0.0697. The molecule has 0 atom stereocenters. The number of carboxylic acids is 1. The molecule has 3 N–H and O–H groups in total. The molecule has 0 radical (unpaired) electrons. The van der Waals surface area contributed by atoms with Gasteiger partial charge in [0.15, 0.2) is 11.5 Å². The van der Waals surface area contributed by atoms with Crippen LogP contribution in [0, 0.1) is 0 Å². The number of carbonyl (C=O) groups is 2. The van der Waals surface area contributed by atoms with Gasteiger partial charge in [-0.25, -0.2) is 9.59 Å². The molecule has 1 aliphatic rings. The fourth-order valence-electron chi connectivity index (χ4n) is 2.26. The zero-order chi connectivity index (χ0) is 18.4. The second kappa shape index (κ2) is 7.89. The Labute approximate surface area is 149 Å². The number of hydrogen-bond donors (Lipinski definition) is 3. The van der Waals surface area contributed by atoms with E-state index in [1.807, 2.05) is 24.3 Å². The van der Waals surface area contributed by atoms with Gasteiger partial charge in [0.25, 0.3) is 0 Å². The summed E-state index contributed by atoms with van der Waals surface area (Å²) in [6, 6.07) is 11.1. The average molecular weight is 352 g/mol. The largest absolute Gasteiger partial charge is 0.478 e. The molecule has 26 heavy (non-hydrogen) atoms. The molecule has 0 aromatic heterocycles. The van der Waals surface area contributed by atoms with Crippen molar-refractivity contribution in [3.63, 3.8) is 0 Å². The molecule has 0 aliphatic carbocycles. The highest BCUT2D eigenvalue weighted by atomic mass is 16.7. The molecule has 0 bridgehead atoms. The van der Waals surface area contributed by atoms with Crippen LogP contribution in [0.2, 0.25) is 0 Å². The molecular formula is C19H16N2O5. The lowest BCUT2D eigenvalue weighted by Crippen LogP contribution is -2.23. The van der Waals surface area contributed by atoms with Crippen LogP contribution in [0.15, 0.2) is 60.8 Å². The summed E-state index contributed by atoms with van der Waals surface area (Å²) in [5.74, 6) is 0.378. The van der Waals surface area contributed by atoms with Crippen LogP contribution in [0.4, 0.5) is 10.5 Å². The molecule has 0 spiro atoms. The smallest absolute Gasteiger partial charge is 0.335 e. The van der Waals surface area contributed by atoms with Crippen molar-refractivity contribution in [3.8, 4) is 11.5 Å². The summed E-state index contributed by atoms with van der Waals surface area (Å²) in [5, 5.41) is 14.0. The van der Waals surface area contributed by atoms with Gasteiger partial charge in [-0.2, -0.15) is 0 Å². The van der Waals surface area contributed by atoms with Gasteiger partial charge >= 0.3 is 12.0 Å². The van der Waals surface area contributed by atoms with Crippen LogP contribution in [-0.4, -0.2) is 23.9 Å². The number of amides is 2. The van der Waals surface area contributed by atoms with Crippen LogP contribution in [0.1, 0.15) is 15.9 Å². The highest BCUT2D eigenvalue weighted by molar-refractivity contribution is 5.93. The number of anilines is 1. The summed E-state index contributed by atoms with van der Waals surface area (Å²) < 4.78 is 10.5. The van der Waals surface area contributed by atoms with Crippen molar-refractivity contribution in [1.29, 1.82) is 0 Å². The summed E-state index contributed by atoms with van der Waals surface area (Å²) in [7, 11) is 0. The first-order valence-corrected chi connectivity index (χ1v) is 7.75. The number of aromatic carboxylic acids is 1. The third-order valence-electron chi connectivity index (χ3n) is 3.47. The Kier molecular flexibility index (Phi) is 5.19. The van der Waals surface area contributed by atoms with E-state index in [4.69, 9.17) is 14.6 Å². The normalized spacial score (nSPS) is 12.5. The Balaban J connectivity index is 1.49. The van der Waals surface area contributed by atoms with E-state index in [9.17, 15) is 9.59 Å². The van der Waals surface area contributed by atoms with Gasteiger partial charge in [-0.05, 0) is 42.0 Å². The molecule has 7 heteroatoms. The zero-order valence-electron chi connectivity index (χ0n) is 13.6. The standard InChI is InChI=1S/C19H16N2O5/c22-18(23)14-5-3-6-15(11-14)21-19(24)20-9-2-1-4-13-7-8-16-17(10-13)26-12-25-16/h1-11H,12H2,(H,22,23)(H2,20,21,24)/b4-1+,9-2+. The van der Waals surface area contributed by atoms with E-state index < -0.39 is 12.0 Å². The van der Waals surface area contributed by atoms with Gasteiger partial charge in [-0.15, -0.1) is 0 Å². The Hall–Kier alpha value is -3.74. The minimum absolute atomic E-state index is 0.102. The van der Waals surface area contributed by atoms with E-state index in [1.165, 1.54) is 18.3 Å². The summed E-state index contributed by atoms with van der Waals surface area (Å²) in [4.78, 5) is 22.7. The van der Waals surface area contributed by atoms with Crippen molar-refractivity contribution >= 4 is 23.8 Å². The summed E-state index contributed by atoms with van der Waals surface area (Å²) in [6.45, 7) is 0.233. The van der Waals surface area contributed by atoms with Crippen LogP contribution in [0.5, 0.6) is 11.5 Å². The number of carbonyl (C=O) groups excluding carboxylic acids is 1. The molecule has 0 saturated heterocycles. The highest BCUT2D eigenvalue weighted by Gasteiger charge is 2.11. The molecular weight excluding hydrogens is 336 g/mol. The second-order valence-corrected chi connectivity index (χ2v) is 5.32. The molecule has 0 unspecified atom stereocenters. The summed E-state index contributed by atoms with van der Waals surface area (Å²) in [6.07, 6.45) is 6.76. The maximum Gasteiger partial charge on any atom is 0.335 e. The van der Waals surface area contributed by atoms with Crippen LogP contribution in [0.25, 0.3) is 6.08 Å². The number of urea groups is 1. The fourth-order valence-corrected chi connectivity index (χ4v) is 2.26. The third kappa shape index (κ3) is 4.41. The number of carboxylic acid groups (broad SMARTS) is 1. The molecule has 1 aliphatic heterocycles. The molecule has 0 saturated carbocycles. The molecule has 1 heterocycles. The maximum absolute atomic E-state index is 11.8. The predicted molar refractivity (Wildman–Crippen MR) is 96.3 cm³/mol. The zero-order valence-corrected chi connectivity index (χ0v) is 13.6. The van der Waals surface area contributed by atoms with E-state index >= 15 is 0 Å². The van der Waals surface area contributed by atoms with Crippen LogP contribution < -0.4 is 20.1 Å². The van der Waals surface area contributed by atoms with E-state index in [0.29, 0.717) is 11.4 Å². The molecule has 132 valence electrons. The van der Waals surface area contributed by atoms with E-state index in [2.05, 4.69) is 10.6 Å². The van der Waals surface area contributed by atoms with E-state index in [1.54, 1.807) is 24.3 Å². The van der Waals surface area contributed by atoms with Crippen molar-refractivity contribution < 1.29 is 24.2 Å². The number of nitrogens with one attached hydrogen (secondary N) is 2. The van der Waals surface area contributed by atoms with E-state index in [0.717, 1.165) is 11.3 Å².